The van der Waals surface area contributed by atoms with E-state index in [-0.39, 0.29) is 29.6 Å². The molecule has 58 valence electrons. The van der Waals surface area contributed by atoms with E-state index in [1.54, 1.807) is 0 Å². The Bertz CT molecular complexity index is 277. The molecule has 0 aliphatic carbocycles. The van der Waals surface area contributed by atoms with Gasteiger partial charge < -0.3 is 5.11 Å². The molecular formula is C5H7NaO4S. The number of hydrogen-bond acceptors (Lipinski definition) is 4. The summed E-state index contributed by atoms with van der Waals surface area (Å²) in [5.41, 5.74) is -1.20. The quantitative estimate of drug-likeness (QED) is 0.289. The Morgan fingerprint density at radius 1 is 1.55 bits per heavy atom. The zero-order valence-corrected chi connectivity index (χ0v) is 9.44. The van der Waals surface area contributed by atoms with Crippen LogP contribution in [0.15, 0.2) is 11.2 Å². The first-order chi connectivity index (χ1) is 4.33. The van der Waals surface area contributed by atoms with Crippen LogP contribution in [0.3, 0.4) is 0 Å². The minimum absolute atomic E-state index is 0. The molecule has 0 fully saturated rings. The molecule has 0 radical (unpaired) electrons. The molecule has 1 aliphatic rings. The molecule has 0 saturated heterocycles. The van der Waals surface area contributed by atoms with Crippen molar-refractivity contribution in [1.29, 1.82) is 0 Å². The molecule has 0 aromatic heterocycles. The van der Waals surface area contributed by atoms with Gasteiger partial charge in [0.25, 0.3) is 10.1 Å². The molecule has 4 nitrogen and oxygen atoms in total. The van der Waals surface area contributed by atoms with Crippen molar-refractivity contribution >= 4 is 10.1 Å². The van der Waals surface area contributed by atoms with Crippen molar-refractivity contribution in [2.45, 2.75) is 19.4 Å². The number of rotatable bonds is 0. The van der Waals surface area contributed by atoms with Crippen LogP contribution < -0.4 is 34.7 Å². The summed E-state index contributed by atoms with van der Waals surface area (Å²) in [5, 5.41) is 11.4. The summed E-state index contributed by atoms with van der Waals surface area (Å²) in [5.74, 6) is -0.507. The maximum Gasteiger partial charge on any atom is 1.00 e. The third-order valence-electron chi connectivity index (χ3n) is 1.17. The van der Waals surface area contributed by atoms with Gasteiger partial charge in [0.2, 0.25) is 0 Å². The fourth-order valence-electron chi connectivity index (χ4n) is 0.629. The predicted molar refractivity (Wildman–Crippen MR) is 32.2 cm³/mol. The van der Waals surface area contributed by atoms with E-state index in [4.69, 9.17) is 0 Å². The summed E-state index contributed by atoms with van der Waals surface area (Å²) in [6.07, 6.45) is 0. The summed E-state index contributed by atoms with van der Waals surface area (Å²) < 4.78 is 25.5. The van der Waals surface area contributed by atoms with E-state index in [1.165, 1.54) is 13.8 Å². The molecule has 11 heavy (non-hydrogen) atoms. The molecule has 0 amide bonds. The van der Waals surface area contributed by atoms with Crippen LogP contribution in [0.2, 0.25) is 0 Å². The van der Waals surface area contributed by atoms with E-state index in [2.05, 4.69) is 4.18 Å². The van der Waals surface area contributed by atoms with Gasteiger partial charge in [-0.25, -0.2) is 0 Å². The fourth-order valence-corrected chi connectivity index (χ4v) is 1.89. The van der Waals surface area contributed by atoms with Crippen molar-refractivity contribution in [3.05, 3.63) is 11.2 Å². The topological polar surface area (TPSA) is 66.4 Å². The van der Waals surface area contributed by atoms with Gasteiger partial charge in [-0.15, -0.1) is 0 Å². The Hall–Kier alpha value is 0.450. The molecule has 0 bridgehead atoms. The average Bonchev–Trinajstić information content (AvgIpc) is 1.73. The monoisotopic (exact) mass is 186 g/mol. The van der Waals surface area contributed by atoms with Gasteiger partial charge in [0.1, 0.15) is 0 Å². The zero-order valence-electron chi connectivity index (χ0n) is 6.62. The molecule has 6 heteroatoms. The predicted octanol–water partition coefficient (Wildman–Crippen LogP) is -3.67. The van der Waals surface area contributed by atoms with Crippen molar-refractivity contribution in [3.63, 3.8) is 0 Å². The second-order valence-corrected chi connectivity index (χ2v) is 3.96. The molecule has 1 aliphatic heterocycles. The maximum absolute atomic E-state index is 10.8. The smallest absolute Gasteiger partial charge is 0.873 e. The van der Waals surface area contributed by atoms with E-state index in [9.17, 15) is 13.5 Å². The van der Waals surface area contributed by atoms with Gasteiger partial charge in [-0.1, -0.05) is 5.76 Å². The van der Waals surface area contributed by atoms with Crippen LogP contribution in [0.25, 0.3) is 0 Å². The summed E-state index contributed by atoms with van der Waals surface area (Å²) in [6, 6.07) is 0. The minimum atomic E-state index is -3.68. The Kier molecular flexibility index (Phi) is 3.19. The van der Waals surface area contributed by atoms with Crippen LogP contribution in [0.1, 0.15) is 13.8 Å². The Labute approximate surface area is 87.7 Å². The van der Waals surface area contributed by atoms with E-state index < -0.39 is 21.5 Å². The van der Waals surface area contributed by atoms with E-state index in [0.29, 0.717) is 5.41 Å². The molecule has 0 aromatic rings. The van der Waals surface area contributed by atoms with Crippen LogP contribution >= 0.6 is 0 Å². The molecule has 0 spiro atoms. The molecule has 0 unspecified atom stereocenters. The van der Waals surface area contributed by atoms with E-state index in [0.717, 1.165) is 0 Å². The summed E-state index contributed by atoms with van der Waals surface area (Å²) >= 11 is 0. The summed E-state index contributed by atoms with van der Waals surface area (Å²) in [6.45, 7) is 2.83. The maximum atomic E-state index is 10.8. The fraction of sp³-hybridized carbons (Fsp3) is 0.600. The second kappa shape index (κ2) is 3.06. The first-order valence-electron chi connectivity index (χ1n) is 2.68. The largest absolute Gasteiger partial charge is 1.00 e. The normalized spacial score (nSPS) is 25.5. The molecule has 0 atom stereocenters. The van der Waals surface area contributed by atoms with Gasteiger partial charge in [-0.2, -0.15) is 8.42 Å². The van der Waals surface area contributed by atoms with Gasteiger partial charge in [0.15, 0.2) is 0 Å². The minimum Gasteiger partial charge on any atom is -0.873 e. The molecule has 1 rings (SSSR count). The van der Waals surface area contributed by atoms with E-state index in [1.807, 2.05) is 0 Å². The molecule has 0 aromatic carbocycles. The van der Waals surface area contributed by atoms with Crippen LogP contribution in [-0.2, 0) is 14.3 Å². The van der Waals surface area contributed by atoms with Gasteiger partial charge in [0.05, 0.1) is 5.60 Å². The first-order valence-corrected chi connectivity index (χ1v) is 4.15. The molecule has 0 saturated carbocycles. The Morgan fingerprint density at radius 3 is 2.09 bits per heavy atom. The molecular weight excluding hydrogens is 179 g/mol. The van der Waals surface area contributed by atoms with E-state index >= 15 is 0 Å². The van der Waals surface area contributed by atoms with Gasteiger partial charge >= 0.3 is 29.6 Å². The van der Waals surface area contributed by atoms with Gasteiger partial charge in [-0.3, -0.25) is 4.18 Å². The number of hydrogen-bond donors (Lipinski definition) is 0. The molecule has 1 heterocycles. The first kappa shape index (κ1) is 11.4. The van der Waals surface area contributed by atoms with Crippen molar-refractivity contribution in [2.75, 3.05) is 0 Å². The van der Waals surface area contributed by atoms with Gasteiger partial charge in [-0.05, 0) is 13.8 Å². The third-order valence-corrected chi connectivity index (χ3v) is 2.32. The Morgan fingerprint density at radius 2 is 2.00 bits per heavy atom. The van der Waals surface area contributed by atoms with Crippen LogP contribution in [0.5, 0.6) is 0 Å². The Balaban J connectivity index is 0.000001000. The second-order valence-electron chi connectivity index (χ2n) is 2.57. The zero-order chi connectivity index (χ0) is 7.99. The van der Waals surface area contributed by atoms with Gasteiger partial charge in [0, 0.05) is 5.41 Å². The SMILES string of the molecule is CC1(C)OS(=O)(=O)C=C1[O-].[Na+]. The van der Waals surface area contributed by atoms with Crippen molar-refractivity contribution in [3.8, 4) is 0 Å². The van der Waals surface area contributed by atoms with Crippen LogP contribution in [-0.4, -0.2) is 14.0 Å². The molecule has 0 N–H and O–H groups in total. The van der Waals surface area contributed by atoms with Crippen LogP contribution in [0, 0.1) is 0 Å². The van der Waals surface area contributed by atoms with Crippen LogP contribution in [0.4, 0.5) is 0 Å². The van der Waals surface area contributed by atoms with Crippen molar-refractivity contribution < 1.29 is 47.3 Å². The summed E-state index contributed by atoms with van der Waals surface area (Å²) in [4.78, 5) is 0. The summed E-state index contributed by atoms with van der Waals surface area (Å²) in [7, 11) is -3.68. The third kappa shape index (κ3) is 2.45. The van der Waals surface area contributed by atoms with Crippen molar-refractivity contribution in [2.24, 2.45) is 0 Å². The average molecular weight is 186 g/mol. The van der Waals surface area contributed by atoms with Crippen molar-refractivity contribution in [1.82, 2.24) is 0 Å². The standard InChI is InChI=1S/C5H8O4S.Na/c1-5(2)4(6)3-10(7,8)9-5;/h3,6H,1-2H3;/q;+1/p-1.